The fourth-order valence-electron chi connectivity index (χ4n) is 2.23. The number of piperazine rings is 1. The average Bonchev–Trinajstić information content (AvgIpc) is 2.15. The molecule has 1 atom stereocenters. The minimum atomic E-state index is 0.286. The van der Waals surface area contributed by atoms with Crippen LogP contribution in [0.25, 0.3) is 0 Å². The van der Waals surface area contributed by atoms with Gasteiger partial charge >= 0.3 is 0 Å². The second-order valence-electron chi connectivity index (χ2n) is 6.22. The Bertz CT molecular complexity index is 201. The third-order valence-electron chi connectivity index (χ3n) is 3.41. The summed E-state index contributed by atoms with van der Waals surface area (Å²) >= 11 is 0. The molecule has 0 unspecified atom stereocenters. The van der Waals surface area contributed by atoms with Crippen LogP contribution in [0.4, 0.5) is 0 Å². The lowest BCUT2D eigenvalue weighted by molar-refractivity contribution is 0.0642. The highest BCUT2D eigenvalue weighted by Crippen LogP contribution is 2.20. The standard InChI is InChI=1S/C13H28N2O/c1-12-11-14(9-10-16)7-8-15(12)6-5-13(2,3)4/h12,16H,5-11H2,1-4H3/t12-/m1/s1. The molecule has 0 spiro atoms. The van der Waals surface area contributed by atoms with Crippen molar-refractivity contribution in [2.75, 3.05) is 39.3 Å². The Morgan fingerprint density at radius 1 is 1.19 bits per heavy atom. The van der Waals surface area contributed by atoms with Crippen molar-refractivity contribution in [3.05, 3.63) is 0 Å². The Labute approximate surface area is 100 Å². The minimum absolute atomic E-state index is 0.286. The summed E-state index contributed by atoms with van der Waals surface area (Å²) in [7, 11) is 0. The molecule has 0 bridgehead atoms. The molecule has 96 valence electrons. The lowest BCUT2D eigenvalue weighted by Gasteiger charge is -2.40. The first kappa shape index (κ1) is 13.9. The molecule has 1 fully saturated rings. The Morgan fingerprint density at radius 3 is 2.38 bits per heavy atom. The largest absolute Gasteiger partial charge is 0.395 e. The highest BCUT2D eigenvalue weighted by atomic mass is 16.3. The maximum atomic E-state index is 8.93. The zero-order chi connectivity index (χ0) is 12.2. The highest BCUT2D eigenvalue weighted by Gasteiger charge is 2.24. The zero-order valence-corrected chi connectivity index (χ0v) is 11.4. The number of nitrogens with zero attached hydrogens (tertiary/aromatic N) is 2. The smallest absolute Gasteiger partial charge is 0.0558 e. The molecule has 0 amide bonds. The molecule has 0 aliphatic carbocycles. The van der Waals surface area contributed by atoms with Gasteiger partial charge in [-0.25, -0.2) is 0 Å². The van der Waals surface area contributed by atoms with E-state index in [0.717, 1.165) is 26.2 Å². The predicted octanol–water partition coefficient (Wildman–Crippen LogP) is 1.42. The van der Waals surface area contributed by atoms with Crippen LogP contribution in [-0.2, 0) is 0 Å². The minimum Gasteiger partial charge on any atom is -0.395 e. The zero-order valence-electron chi connectivity index (χ0n) is 11.4. The molecule has 1 N–H and O–H groups in total. The van der Waals surface area contributed by atoms with E-state index < -0.39 is 0 Å². The van der Waals surface area contributed by atoms with E-state index in [-0.39, 0.29) is 6.61 Å². The number of hydrogen-bond acceptors (Lipinski definition) is 3. The Hall–Kier alpha value is -0.120. The summed E-state index contributed by atoms with van der Waals surface area (Å²) in [5.41, 5.74) is 0.432. The fourth-order valence-corrected chi connectivity index (χ4v) is 2.23. The molecule has 0 aromatic rings. The van der Waals surface area contributed by atoms with Crippen LogP contribution < -0.4 is 0 Å². The van der Waals surface area contributed by atoms with Crippen molar-refractivity contribution in [3.8, 4) is 0 Å². The van der Waals surface area contributed by atoms with Gasteiger partial charge in [0.25, 0.3) is 0 Å². The second kappa shape index (κ2) is 5.99. The van der Waals surface area contributed by atoms with Gasteiger partial charge in [0.15, 0.2) is 0 Å². The maximum absolute atomic E-state index is 8.93. The van der Waals surface area contributed by atoms with E-state index in [1.807, 2.05) is 0 Å². The van der Waals surface area contributed by atoms with Crippen LogP contribution in [0.1, 0.15) is 34.1 Å². The van der Waals surface area contributed by atoms with Gasteiger partial charge < -0.3 is 5.11 Å². The molecule has 1 heterocycles. The number of β-amino-alcohol motifs (C(OH)–C–C–N with tert-alkyl or cyclic N) is 1. The quantitative estimate of drug-likeness (QED) is 0.788. The van der Waals surface area contributed by atoms with Gasteiger partial charge in [-0.3, -0.25) is 9.80 Å². The molecular formula is C13H28N2O. The second-order valence-corrected chi connectivity index (χ2v) is 6.22. The average molecular weight is 228 g/mol. The topological polar surface area (TPSA) is 26.7 Å². The molecule has 1 aliphatic rings. The van der Waals surface area contributed by atoms with Crippen LogP contribution in [-0.4, -0.2) is 60.3 Å². The van der Waals surface area contributed by atoms with E-state index in [0.29, 0.717) is 11.5 Å². The van der Waals surface area contributed by atoms with Crippen molar-refractivity contribution in [1.82, 2.24) is 9.80 Å². The van der Waals surface area contributed by atoms with Gasteiger partial charge in [0, 0.05) is 32.2 Å². The highest BCUT2D eigenvalue weighted by molar-refractivity contribution is 4.80. The summed E-state index contributed by atoms with van der Waals surface area (Å²) in [4.78, 5) is 4.94. The van der Waals surface area contributed by atoms with E-state index in [4.69, 9.17) is 5.11 Å². The van der Waals surface area contributed by atoms with Crippen molar-refractivity contribution in [3.63, 3.8) is 0 Å². The first-order chi connectivity index (χ1) is 7.42. The van der Waals surface area contributed by atoms with Crippen LogP contribution in [0, 0.1) is 5.41 Å². The van der Waals surface area contributed by atoms with Crippen LogP contribution in [0.15, 0.2) is 0 Å². The first-order valence-electron chi connectivity index (χ1n) is 6.49. The first-order valence-corrected chi connectivity index (χ1v) is 6.49. The van der Waals surface area contributed by atoms with Crippen molar-refractivity contribution < 1.29 is 5.11 Å². The normalized spacial score (nSPS) is 24.9. The Morgan fingerprint density at radius 2 is 1.88 bits per heavy atom. The van der Waals surface area contributed by atoms with Crippen LogP contribution in [0.3, 0.4) is 0 Å². The van der Waals surface area contributed by atoms with Gasteiger partial charge in [0.05, 0.1) is 6.61 Å². The molecule has 0 saturated carbocycles. The van der Waals surface area contributed by atoms with Gasteiger partial charge in [-0.05, 0) is 25.3 Å². The summed E-state index contributed by atoms with van der Waals surface area (Å²) < 4.78 is 0. The number of hydrogen-bond donors (Lipinski definition) is 1. The lowest BCUT2D eigenvalue weighted by atomic mass is 9.92. The third kappa shape index (κ3) is 4.81. The van der Waals surface area contributed by atoms with Crippen molar-refractivity contribution in [2.24, 2.45) is 5.41 Å². The van der Waals surface area contributed by atoms with Gasteiger partial charge in [-0.1, -0.05) is 20.8 Å². The molecule has 0 aromatic heterocycles. The molecule has 3 heteroatoms. The SMILES string of the molecule is C[C@@H]1CN(CCO)CCN1CCC(C)(C)C. The van der Waals surface area contributed by atoms with E-state index in [2.05, 4.69) is 37.5 Å². The summed E-state index contributed by atoms with van der Waals surface area (Å²) in [5.74, 6) is 0. The van der Waals surface area contributed by atoms with Gasteiger partial charge in [0.2, 0.25) is 0 Å². The number of aliphatic hydroxyl groups excluding tert-OH is 1. The number of rotatable bonds is 4. The fraction of sp³-hybridized carbons (Fsp3) is 1.00. The van der Waals surface area contributed by atoms with E-state index in [1.165, 1.54) is 13.0 Å². The van der Waals surface area contributed by atoms with Gasteiger partial charge in [-0.2, -0.15) is 0 Å². The summed E-state index contributed by atoms with van der Waals surface area (Å²) in [5, 5.41) is 8.93. The van der Waals surface area contributed by atoms with Crippen molar-refractivity contribution >= 4 is 0 Å². The van der Waals surface area contributed by atoms with E-state index in [1.54, 1.807) is 0 Å². The molecule has 1 aliphatic heterocycles. The van der Waals surface area contributed by atoms with Crippen LogP contribution in [0.2, 0.25) is 0 Å². The Balaban J connectivity index is 2.30. The molecule has 0 aromatic carbocycles. The maximum Gasteiger partial charge on any atom is 0.0558 e. The van der Waals surface area contributed by atoms with Crippen LogP contribution in [0.5, 0.6) is 0 Å². The summed E-state index contributed by atoms with van der Waals surface area (Å²) in [6.07, 6.45) is 1.26. The lowest BCUT2D eigenvalue weighted by Crippen LogP contribution is -2.52. The number of aliphatic hydroxyl groups is 1. The van der Waals surface area contributed by atoms with Crippen molar-refractivity contribution in [2.45, 2.75) is 40.2 Å². The van der Waals surface area contributed by atoms with Crippen molar-refractivity contribution in [1.29, 1.82) is 0 Å². The molecule has 0 radical (unpaired) electrons. The molecule has 3 nitrogen and oxygen atoms in total. The van der Waals surface area contributed by atoms with E-state index >= 15 is 0 Å². The Kier molecular flexibility index (Phi) is 5.22. The summed E-state index contributed by atoms with van der Waals surface area (Å²) in [6, 6.07) is 0.627. The van der Waals surface area contributed by atoms with E-state index in [9.17, 15) is 0 Å². The summed E-state index contributed by atoms with van der Waals surface area (Å²) in [6.45, 7) is 14.9. The van der Waals surface area contributed by atoms with Gasteiger partial charge in [0.1, 0.15) is 0 Å². The predicted molar refractivity (Wildman–Crippen MR) is 68.6 cm³/mol. The van der Waals surface area contributed by atoms with Crippen LogP contribution >= 0.6 is 0 Å². The molecule has 1 rings (SSSR count). The third-order valence-corrected chi connectivity index (χ3v) is 3.41. The molecule has 1 saturated heterocycles. The molecular weight excluding hydrogens is 200 g/mol. The molecule has 16 heavy (non-hydrogen) atoms. The van der Waals surface area contributed by atoms with Gasteiger partial charge in [-0.15, -0.1) is 0 Å². The monoisotopic (exact) mass is 228 g/mol.